The molecule has 0 aromatic rings. The summed E-state index contributed by atoms with van der Waals surface area (Å²) in [4.78, 5) is 0. The lowest BCUT2D eigenvalue weighted by Crippen LogP contribution is -2.22. The summed E-state index contributed by atoms with van der Waals surface area (Å²) in [6, 6.07) is 0. The summed E-state index contributed by atoms with van der Waals surface area (Å²) in [6.45, 7) is 11.4. The molecule has 0 aromatic carbocycles. The Morgan fingerprint density at radius 2 is 2.20 bits per heavy atom. The maximum atomic E-state index is 5.13. The zero-order chi connectivity index (χ0) is 11.7. The molecule has 1 heterocycles. The quantitative estimate of drug-likeness (QED) is 0.741. The van der Waals surface area contributed by atoms with E-state index in [2.05, 4.69) is 18.5 Å². The summed E-state index contributed by atoms with van der Waals surface area (Å²) in [5.74, 6) is 0. The molecule has 0 fully saturated rings. The number of thioether (sulfide) groups is 1. The van der Waals surface area contributed by atoms with Gasteiger partial charge in [-0.25, -0.2) is 0 Å². The van der Waals surface area contributed by atoms with Gasteiger partial charge in [-0.15, -0.1) is 0 Å². The van der Waals surface area contributed by atoms with Gasteiger partial charge in [0.15, 0.2) is 5.56 Å². The van der Waals surface area contributed by atoms with Gasteiger partial charge in [-0.05, 0) is 11.0 Å². The summed E-state index contributed by atoms with van der Waals surface area (Å²) in [7, 11) is 1.67. The van der Waals surface area contributed by atoms with Crippen molar-refractivity contribution in [1.82, 2.24) is 5.32 Å². The van der Waals surface area contributed by atoms with Crippen LogP contribution in [-0.4, -0.2) is 12.7 Å². The van der Waals surface area contributed by atoms with Gasteiger partial charge in [0, 0.05) is 7.11 Å². The minimum absolute atomic E-state index is 0.0168. The average molecular weight is 225 g/mol. The second kappa shape index (κ2) is 8.38. The van der Waals surface area contributed by atoms with Gasteiger partial charge < -0.3 is 10.1 Å². The number of allylic oxidation sites excluding steroid dienone is 3. The summed E-state index contributed by atoms with van der Waals surface area (Å²) < 4.78 is 5.13. The molecule has 1 rings (SSSR count). The first-order valence-electron chi connectivity index (χ1n) is 4.92. The van der Waals surface area contributed by atoms with E-state index in [9.17, 15) is 0 Å². The van der Waals surface area contributed by atoms with Crippen molar-refractivity contribution < 1.29 is 4.74 Å². The molecule has 1 N–H and O–H groups in total. The van der Waals surface area contributed by atoms with Crippen LogP contribution in [0.15, 0.2) is 48.1 Å². The highest BCUT2D eigenvalue weighted by atomic mass is 32.2. The van der Waals surface area contributed by atoms with Gasteiger partial charge in [-0.1, -0.05) is 57.0 Å². The topological polar surface area (TPSA) is 21.3 Å². The van der Waals surface area contributed by atoms with Crippen molar-refractivity contribution in [3.63, 3.8) is 0 Å². The lowest BCUT2D eigenvalue weighted by atomic mass is 10.2. The van der Waals surface area contributed by atoms with Crippen LogP contribution in [-0.2, 0) is 4.74 Å². The molecule has 0 saturated heterocycles. The third kappa shape index (κ3) is 4.40. The van der Waals surface area contributed by atoms with E-state index in [0.717, 1.165) is 11.3 Å². The van der Waals surface area contributed by atoms with Gasteiger partial charge in [0.2, 0.25) is 0 Å². The third-order valence-corrected chi connectivity index (χ3v) is 2.55. The van der Waals surface area contributed by atoms with E-state index in [4.69, 9.17) is 4.74 Å². The number of rotatable bonds is 4. The SMILES string of the molecule is C=C/C=C(\C=C)C1=CSC(OC)N1.CC. The Bertz CT molecular complexity index is 269. The Kier molecular flexibility index (Phi) is 7.86. The van der Waals surface area contributed by atoms with Crippen molar-refractivity contribution in [2.75, 3.05) is 7.11 Å². The lowest BCUT2D eigenvalue weighted by molar-refractivity contribution is 0.158. The molecule has 1 unspecified atom stereocenters. The van der Waals surface area contributed by atoms with Crippen LogP contribution in [0, 0.1) is 0 Å². The van der Waals surface area contributed by atoms with E-state index in [1.807, 2.05) is 25.3 Å². The number of nitrogens with one attached hydrogen (secondary N) is 1. The Balaban J connectivity index is 0.000000921. The molecule has 1 aliphatic rings. The Labute approximate surface area is 96.8 Å². The molecule has 1 atom stereocenters. The summed E-state index contributed by atoms with van der Waals surface area (Å²) in [6.07, 6.45) is 5.44. The first-order valence-corrected chi connectivity index (χ1v) is 5.86. The molecular formula is C12H19NOS. The van der Waals surface area contributed by atoms with E-state index >= 15 is 0 Å². The fourth-order valence-electron chi connectivity index (χ4n) is 0.985. The second-order valence-corrected chi connectivity index (χ2v) is 3.38. The largest absolute Gasteiger partial charge is 0.352 e. The number of hydrogen-bond donors (Lipinski definition) is 1. The summed E-state index contributed by atoms with van der Waals surface area (Å²) in [5, 5.41) is 5.21. The van der Waals surface area contributed by atoms with E-state index in [1.54, 1.807) is 31.0 Å². The van der Waals surface area contributed by atoms with Crippen LogP contribution in [0.5, 0.6) is 0 Å². The fraction of sp³-hybridized carbons (Fsp3) is 0.333. The highest BCUT2D eigenvalue weighted by Gasteiger charge is 2.16. The average Bonchev–Trinajstić information content (AvgIpc) is 2.77. The highest BCUT2D eigenvalue weighted by molar-refractivity contribution is 8.02. The van der Waals surface area contributed by atoms with Crippen LogP contribution in [0.1, 0.15) is 13.8 Å². The van der Waals surface area contributed by atoms with Crippen molar-refractivity contribution in [3.05, 3.63) is 48.1 Å². The number of hydrogen-bond acceptors (Lipinski definition) is 3. The molecule has 0 aliphatic carbocycles. The van der Waals surface area contributed by atoms with Crippen molar-refractivity contribution >= 4 is 11.8 Å². The molecule has 0 saturated carbocycles. The summed E-state index contributed by atoms with van der Waals surface area (Å²) in [5.41, 5.74) is 2.08. The molecule has 0 aromatic heterocycles. The van der Waals surface area contributed by atoms with E-state index in [0.29, 0.717) is 0 Å². The van der Waals surface area contributed by atoms with Gasteiger partial charge in [0.05, 0.1) is 5.70 Å². The predicted octanol–water partition coefficient (Wildman–Crippen LogP) is 3.42. The Morgan fingerprint density at radius 1 is 1.53 bits per heavy atom. The molecule has 3 heteroatoms. The van der Waals surface area contributed by atoms with Gasteiger partial charge in [0.1, 0.15) is 0 Å². The van der Waals surface area contributed by atoms with Gasteiger partial charge in [-0.3, -0.25) is 0 Å². The van der Waals surface area contributed by atoms with Gasteiger partial charge >= 0.3 is 0 Å². The molecule has 0 radical (unpaired) electrons. The third-order valence-electron chi connectivity index (χ3n) is 1.63. The minimum Gasteiger partial charge on any atom is -0.352 e. The smallest absolute Gasteiger partial charge is 0.179 e. The standard InChI is InChI=1S/C10H13NOS.C2H6/c1-4-6-8(5-2)9-7-13-10(11-9)12-3;1-2/h4-7,10-11H,1-2H2,3H3;1-2H3/b8-6+;. The molecule has 1 aliphatic heterocycles. The second-order valence-electron chi connectivity index (χ2n) is 2.44. The normalized spacial score (nSPS) is 19.5. The van der Waals surface area contributed by atoms with Crippen LogP contribution >= 0.6 is 11.8 Å². The maximum Gasteiger partial charge on any atom is 0.179 e. The van der Waals surface area contributed by atoms with Crippen molar-refractivity contribution in [2.45, 2.75) is 19.4 Å². The van der Waals surface area contributed by atoms with Crippen LogP contribution in [0.2, 0.25) is 0 Å². The Hall–Kier alpha value is -0.930. The number of methoxy groups -OCH3 is 1. The molecule has 15 heavy (non-hydrogen) atoms. The molecule has 2 nitrogen and oxygen atoms in total. The van der Waals surface area contributed by atoms with E-state index in [1.165, 1.54) is 0 Å². The Morgan fingerprint density at radius 3 is 2.60 bits per heavy atom. The fourth-order valence-corrected chi connectivity index (χ4v) is 1.76. The molecule has 84 valence electrons. The van der Waals surface area contributed by atoms with Crippen LogP contribution in [0.25, 0.3) is 0 Å². The van der Waals surface area contributed by atoms with Crippen LogP contribution in [0.4, 0.5) is 0 Å². The first kappa shape index (κ1) is 14.1. The highest BCUT2D eigenvalue weighted by Crippen LogP contribution is 2.25. The first-order chi connectivity index (χ1) is 7.31. The molecule has 0 spiro atoms. The van der Waals surface area contributed by atoms with Crippen LogP contribution in [0.3, 0.4) is 0 Å². The van der Waals surface area contributed by atoms with Crippen molar-refractivity contribution in [1.29, 1.82) is 0 Å². The van der Waals surface area contributed by atoms with Crippen molar-refractivity contribution in [3.8, 4) is 0 Å². The van der Waals surface area contributed by atoms with Gasteiger partial charge in [0.25, 0.3) is 0 Å². The summed E-state index contributed by atoms with van der Waals surface area (Å²) >= 11 is 1.60. The molecule has 0 amide bonds. The maximum absolute atomic E-state index is 5.13. The monoisotopic (exact) mass is 225 g/mol. The van der Waals surface area contributed by atoms with E-state index < -0.39 is 0 Å². The van der Waals surface area contributed by atoms with Crippen LogP contribution < -0.4 is 5.32 Å². The van der Waals surface area contributed by atoms with Gasteiger partial charge in [-0.2, -0.15) is 0 Å². The zero-order valence-electron chi connectivity index (χ0n) is 9.62. The zero-order valence-corrected chi connectivity index (χ0v) is 10.4. The molecular weight excluding hydrogens is 206 g/mol. The number of ether oxygens (including phenoxy) is 1. The predicted molar refractivity (Wildman–Crippen MR) is 69.4 cm³/mol. The van der Waals surface area contributed by atoms with E-state index in [-0.39, 0.29) is 5.56 Å². The molecule has 0 bridgehead atoms. The van der Waals surface area contributed by atoms with Crippen molar-refractivity contribution in [2.24, 2.45) is 0 Å². The lowest BCUT2D eigenvalue weighted by Gasteiger charge is -2.10. The minimum atomic E-state index is 0.0168.